The molecule has 0 amide bonds. The molecule has 0 fully saturated rings. The fourth-order valence-corrected chi connectivity index (χ4v) is 3.31. The van der Waals surface area contributed by atoms with Gasteiger partial charge in [-0.1, -0.05) is 17.7 Å². The SMILES string of the molecule is Cc1cc(C)c(-c2csc(CC(C)N)n2)c(C)c1. The van der Waals surface area contributed by atoms with Gasteiger partial charge in [0.2, 0.25) is 0 Å². The minimum atomic E-state index is 0.171. The molecular formula is C15H20N2S. The van der Waals surface area contributed by atoms with Crippen LogP contribution < -0.4 is 5.73 Å². The first kappa shape index (κ1) is 13.2. The number of nitrogens with two attached hydrogens (primary N) is 1. The lowest BCUT2D eigenvalue weighted by molar-refractivity contribution is 0.734. The highest BCUT2D eigenvalue weighted by atomic mass is 32.1. The highest BCUT2D eigenvalue weighted by Crippen LogP contribution is 2.29. The van der Waals surface area contributed by atoms with Crippen LogP contribution >= 0.6 is 11.3 Å². The zero-order valence-electron chi connectivity index (χ0n) is 11.4. The van der Waals surface area contributed by atoms with Gasteiger partial charge < -0.3 is 5.73 Å². The maximum Gasteiger partial charge on any atom is 0.0947 e. The van der Waals surface area contributed by atoms with E-state index in [-0.39, 0.29) is 6.04 Å². The summed E-state index contributed by atoms with van der Waals surface area (Å²) in [6.07, 6.45) is 0.856. The molecule has 0 spiro atoms. The molecule has 18 heavy (non-hydrogen) atoms. The lowest BCUT2D eigenvalue weighted by Gasteiger charge is -2.08. The lowest BCUT2D eigenvalue weighted by atomic mass is 9.98. The Hall–Kier alpha value is -1.19. The van der Waals surface area contributed by atoms with Gasteiger partial charge in [-0.2, -0.15) is 0 Å². The third kappa shape index (κ3) is 2.79. The Morgan fingerprint density at radius 2 is 1.83 bits per heavy atom. The molecule has 2 aromatic rings. The fraction of sp³-hybridized carbons (Fsp3) is 0.400. The third-order valence-corrected chi connectivity index (χ3v) is 3.85. The Labute approximate surface area is 113 Å². The van der Waals surface area contributed by atoms with Crippen LogP contribution in [0.5, 0.6) is 0 Å². The van der Waals surface area contributed by atoms with E-state index in [1.165, 1.54) is 22.3 Å². The van der Waals surface area contributed by atoms with Crippen LogP contribution in [0, 0.1) is 20.8 Å². The largest absolute Gasteiger partial charge is 0.328 e. The van der Waals surface area contributed by atoms with Crippen LogP contribution in [-0.4, -0.2) is 11.0 Å². The molecule has 3 heteroatoms. The summed E-state index contributed by atoms with van der Waals surface area (Å²) in [7, 11) is 0. The Morgan fingerprint density at radius 1 is 1.22 bits per heavy atom. The van der Waals surface area contributed by atoms with Crippen molar-refractivity contribution in [2.75, 3.05) is 0 Å². The van der Waals surface area contributed by atoms with Gasteiger partial charge in [0.05, 0.1) is 10.7 Å². The number of aromatic nitrogens is 1. The Kier molecular flexibility index (Phi) is 3.83. The van der Waals surface area contributed by atoms with E-state index in [2.05, 4.69) is 38.3 Å². The van der Waals surface area contributed by atoms with Crippen LogP contribution in [0.2, 0.25) is 0 Å². The summed E-state index contributed by atoms with van der Waals surface area (Å²) < 4.78 is 0. The minimum Gasteiger partial charge on any atom is -0.328 e. The molecule has 96 valence electrons. The van der Waals surface area contributed by atoms with Crippen molar-refractivity contribution in [2.24, 2.45) is 5.73 Å². The van der Waals surface area contributed by atoms with Gasteiger partial charge in [0, 0.05) is 23.4 Å². The number of thiazole rings is 1. The molecule has 0 bridgehead atoms. The normalized spacial score (nSPS) is 12.7. The highest BCUT2D eigenvalue weighted by molar-refractivity contribution is 7.09. The predicted octanol–water partition coefficient (Wildman–Crippen LogP) is 3.63. The van der Waals surface area contributed by atoms with Gasteiger partial charge in [-0.3, -0.25) is 0 Å². The van der Waals surface area contributed by atoms with Gasteiger partial charge in [-0.15, -0.1) is 11.3 Å². The molecule has 2 rings (SSSR count). The summed E-state index contributed by atoms with van der Waals surface area (Å²) in [6, 6.07) is 4.60. The van der Waals surface area contributed by atoms with E-state index in [4.69, 9.17) is 10.7 Å². The average molecular weight is 260 g/mol. The molecule has 0 saturated carbocycles. The summed E-state index contributed by atoms with van der Waals surface area (Å²) >= 11 is 1.70. The third-order valence-electron chi connectivity index (χ3n) is 2.98. The predicted molar refractivity (Wildman–Crippen MR) is 79.1 cm³/mol. The van der Waals surface area contributed by atoms with E-state index >= 15 is 0 Å². The Morgan fingerprint density at radius 3 is 2.39 bits per heavy atom. The molecule has 1 atom stereocenters. The molecular weight excluding hydrogens is 240 g/mol. The van der Waals surface area contributed by atoms with Crippen LogP contribution in [-0.2, 0) is 6.42 Å². The maximum atomic E-state index is 5.82. The zero-order valence-corrected chi connectivity index (χ0v) is 12.3. The molecule has 0 aliphatic rings. The Bertz CT molecular complexity index is 532. The monoisotopic (exact) mass is 260 g/mol. The van der Waals surface area contributed by atoms with Gasteiger partial charge in [0.1, 0.15) is 0 Å². The van der Waals surface area contributed by atoms with Crippen LogP contribution in [0.25, 0.3) is 11.3 Å². The van der Waals surface area contributed by atoms with Crippen LogP contribution in [0.4, 0.5) is 0 Å². The van der Waals surface area contributed by atoms with Crippen LogP contribution in [0.15, 0.2) is 17.5 Å². The van der Waals surface area contributed by atoms with Crippen molar-refractivity contribution in [3.63, 3.8) is 0 Å². The quantitative estimate of drug-likeness (QED) is 0.915. The standard InChI is InChI=1S/C15H20N2S/c1-9-5-10(2)15(11(3)6-9)13-8-18-14(17-13)7-12(4)16/h5-6,8,12H,7,16H2,1-4H3. The molecule has 2 N–H and O–H groups in total. The zero-order chi connectivity index (χ0) is 13.3. The molecule has 0 saturated heterocycles. The second kappa shape index (κ2) is 5.21. The fourth-order valence-electron chi connectivity index (χ4n) is 2.38. The highest BCUT2D eigenvalue weighted by Gasteiger charge is 2.11. The van der Waals surface area contributed by atoms with Crippen molar-refractivity contribution < 1.29 is 0 Å². The van der Waals surface area contributed by atoms with E-state index in [0.29, 0.717) is 0 Å². The Balaban J connectivity index is 2.40. The topological polar surface area (TPSA) is 38.9 Å². The molecule has 1 unspecified atom stereocenters. The molecule has 1 heterocycles. The first-order valence-electron chi connectivity index (χ1n) is 6.25. The summed E-state index contributed by atoms with van der Waals surface area (Å²) in [5, 5.41) is 3.27. The number of rotatable bonds is 3. The lowest BCUT2D eigenvalue weighted by Crippen LogP contribution is -2.17. The van der Waals surface area contributed by atoms with E-state index < -0.39 is 0 Å². The van der Waals surface area contributed by atoms with Crippen molar-refractivity contribution in [3.05, 3.63) is 39.2 Å². The number of aryl methyl sites for hydroxylation is 3. The van der Waals surface area contributed by atoms with Gasteiger partial charge in [0.15, 0.2) is 0 Å². The summed E-state index contributed by atoms with van der Waals surface area (Å²) in [5.74, 6) is 0. The summed E-state index contributed by atoms with van der Waals surface area (Å²) in [5.41, 5.74) is 12.1. The van der Waals surface area contributed by atoms with Crippen molar-refractivity contribution >= 4 is 11.3 Å². The van der Waals surface area contributed by atoms with Crippen LogP contribution in [0.3, 0.4) is 0 Å². The molecule has 2 nitrogen and oxygen atoms in total. The number of hydrogen-bond donors (Lipinski definition) is 1. The molecule has 1 aromatic carbocycles. The van der Waals surface area contributed by atoms with Gasteiger partial charge in [-0.05, 0) is 38.8 Å². The first-order chi connectivity index (χ1) is 8.47. The van der Waals surface area contributed by atoms with Gasteiger partial charge in [0.25, 0.3) is 0 Å². The van der Waals surface area contributed by atoms with Crippen LogP contribution in [0.1, 0.15) is 28.6 Å². The number of benzene rings is 1. The van der Waals surface area contributed by atoms with Crippen molar-refractivity contribution in [1.82, 2.24) is 4.98 Å². The van der Waals surface area contributed by atoms with Crippen molar-refractivity contribution in [1.29, 1.82) is 0 Å². The first-order valence-corrected chi connectivity index (χ1v) is 7.13. The summed E-state index contributed by atoms with van der Waals surface area (Å²) in [6.45, 7) is 8.45. The molecule has 0 radical (unpaired) electrons. The number of nitrogens with zero attached hydrogens (tertiary/aromatic N) is 1. The molecule has 1 aromatic heterocycles. The smallest absolute Gasteiger partial charge is 0.0947 e. The minimum absolute atomic E-state index is 0.171. The van der Waals surface area contributed by atoms with E-state index in [1.54, 1.807) is 11.3 Å². The maximum absolute atomic E-state index is 5.82. The molecule has 0 aliphatic heterocycles. The van der Waals surface area contributed by atoms with Crippen molar-refractivity contribution in [3.8, 4) is 11.3 Å². The van der Waals surface area contributed by atoms with Gasteiger partial charge in [-0.25, -0.2) is 4.98 Å². The second-order valence-electron chi connectivity index (χ2n) is 5.08. The number of hydrogen-bond acceptors (Lipinski definition) is 3. The second-order valence-corrected chi connectivity index (χ2v) is 6.02. The van der Waals surface area contributed by atoms with Gasteiger partial charge >= 0.3 is 0 Å². The van der Waals surface area contributed by atoms with E-state index in [9.17, 15) is 0 Å². The van der Waals surface area contributed by atoms with E-state index in [1.807, 2.05) is 6.92 Å². The summed E-state index contributed by atoms with van der Waals surface area (Å²) in [4.78, 5) is 4.71. The van der Waals surface area contributed by atoms with E-state index in [0.717, 1.165) is 17.1 Å². The average Bonchev–Trinajstić information content (AvgIpc) is 2.63. The van der Waals surface area contributed by atoms with Crippen molar-refractivity contribution in [2.45, 2.75) is 40.2 Å². The molecule has 0 aliphatic carbocycles.